The van der Waals surface area contributed by atoms with Crippen LogP contribution in [0, 0.1) is 0 Å². The molecular weight excluding hydrogens is 641 g/mol. The Hall–Kier alpha value is -2.83. The van der Waals surface area contributed by atoms with Gasteiger partial charge in [-0.2, -0.15) is 0 Å². The number of amides is 3. The molecule has 13 heteroatoms. The number of likely N-dealkylation sites (tertiary alicyclic amines) is 1. The van der Waals surface area contributed by atoms with Gasteiger partial charge < -0.3 is 20.7 Å². The molecule has 236 valence electrons. The number of aromatic nitrogens is 1. The predicted octanol–water partition coefficient (Wildman–Crippen LogP) is 6.84. The molecule has 9 nitrogen and oxygen atoms in total. The van der Waals surface area contributed by atoms with E-state index in [4.69, 9.17) is 27.9 Å². The SMILES string of the molecule is CC(NC(=O)OC(C)(C)C)C(=O)Nc1cccc(-c2csc(SCC(=O)NC3CCN(Cc4ccc(Cl)c(Cl)c4)CC3)n2)c1. The summed E-state index contributed by atoms with van der Waals surface area (Å²) in [5.74, 6) is -0.0890. The van der Waals surface area contributed by atoms with Crippen LogP contribution in [-0.2, 0) is 20.9 Å². The van der Waals surface area contributed by atoms with Crippen LogP contribution in [0.15, 0.2) is 52.2 Å². The summed E-state index contributed by atoms with van der Waals surface area (Å²) >= 11 is 15.0. The smallest absolute Gasteiger partial charge is 0.408 e. The van der Waals surface area contributed by atoms with E-state index in [9.17, 15) is 14.4 Å². The molecule has 1 atom stereocenters. The van der Waals surface area contributed by atoms with Gasteiger partial charge in [-0.05, 0) is 70.4 Å². The van der Waals surface area contributed by atoms with Crippen LogP contribution in [0.25, 0.3) is 11.3 Å². The molecule has 2 aromatic carbocycles. The summed E-state index contributed by atoms with van der Waals surface area (Å²) in [5.41, 5.74) is 2.63. The minimum atomic E-state index is -0.788. The molecule has 1 saturated heterocycles. The van der Waals surface area contributed by atoms with E-state index >= 15 is 0 Å². The second kappa shape index (κ2) is 15.4. The van der Waals surface area contributed by atoms with Crippen LogP contribution >= 0.6 is 46.3 Å². The second-order valence-electron chi connectivity index (χ2n) is 11.6. The molecule has 2 heterocycles. The number of halogens is 2. The summed E-state index contributed by atoms with van der Waals surface area (Å²) in [6.07, 6.45) is 1.13. The van der Waals surface area contributed by atoms with E-state index in [1.165, 1.54) is 23.1 Å². The Morgan fingerprint density at radius 1 is 1.11 bits per heavy atom. The number of hydrogen-bond donors (Lipinski definition) is 3. The minimum absolute atomic E-state index is 0.00602. The zero-order chi connectivity index (χ0) is 31.9. The van der Waals surface area contributed by atoms with Gasteiger partial charge in [0.15, 0.2) is 4.34 Å². The first-order valence-corrected chi connectivity index (χ1v) is 16.9. The Labute approximate surface area is 276 Å². The fraction of sp³-hybridized carbons (Fsp3) is 0.419. The van der Waals surface area contributed by atoms with Crippen molar-refractivity contribution in [2.24, 2.45) is 0 Å². The number of ether oxygens (including phenoxy) is 1. The molecule has 1 aliphatic rings. The largest absolute Gasteiger partial charge is 0.444 e. The topological polar surface area (TPSA) is 113 Å². The van der Waals surface area contributed by atoms with Crippen molar-refractivity contribution in [2.75, 3.05) is 24.2 Å². The number of hydrogen-bond acceptors (Lipinski definition) is 8. The number of alkyl carbamates (subject to hydrolysis) is 1. The number of thioether (sulfide) groups is 1. The zero-order valence-electron chi connectivity index (χ0n) is 25.1. The average Bonchev–Trinajstić information content (AvgIpc) is 3.43. The summed E-state index contributed by atoms with van der Waals surface area (Å²) in [7, 11) is 0. The van der Waals surface area contributed by atoms with E-state index in [1.807, 2.05) is 41.8 Å². The molecule has 1 aromatic heterocycles. The number of nitrogens with one attached hydrogen (secondary N) is 3. The molecule has 44 heavy (non-hydrogen) atoms. The third-order valence-electron chi connectivity index (χ3n) is 6.71. The summed E-state index contributed by atoms with van der Waals surface area (Å²) in [4.78, 5) is 44.3. The summed E-state index contributed by atoms with van der Waals surface area (Å²) in [5, 5.41) is 11.6. The number of nitrogens with zero attached hydrogens (tertiary/aromatic N) is 2. The first kappa shape index (κ1) is 34.1. The zero-order valence-corrected chi connectivity index (χ0v) is 28.3. The molecule has 3 amide bonds. The van der Waals surface area contributed by atoms with Gasteiger partial charge in [0, 0.05) is 42.3 Å². The normalized spacial score (nSPS) is 15.0. The Bertz CT molecular complexity index is 1470. The van der Waals surface area contributed by atoms with E-state index in [0.29, 0.717) is 15.7 Å². The molecule has 3 aromatic rings. The van der Waals surface area contributed by atoms with Crippen molar-refractivity contribution in [2.45, 2.75) is 69.1 Å². The lowest BCUT2D eigenvalue weighted by Gasteiger charge is -2.32. The molecule has 0 aliphatic carbocycles. The average molecular weight is 679 g/mol. The number of rotatable bonds is 10. The maximum atomic E-state index is 12.7. The molecule has 0 spiro atoms. The molecule has 1 fully saturated rings. The lowest BCUT2D eigenvalue weighted by molar-refractivity contribution is -0.119. The van der Waals surface area contributed by atoms with Gasteiger partial charge in [0.2, 0.25) is 11.8 Å². The third-order valence-corrected chi connectivity index (χ3v) is 9.47. The first-order valence-electron chi connectivity index (χ1n) is 14.3. The Kier molecular flexibility index (Phi) is 12.0. The Morgan fingerprint density at radius 2 is 1.86 bits per heavy atom. The van der Waals surface area contributed by atoms with E-state index in [2.05, 4.69) is 25.8 Å². The van der Waals surface area contributed by atoms with Gasteiger partial charge in [-0.25, -0.2) is 9.78 Å². The van der Waals surface area contributed by atoms with Crippen LogP contribution < -0.4 is 16.0 Å². The van der Waals surface area contributed by atoms with Crippen LogP contribution in [0.3, 0.4) is 0 Å². The van der Waals surface area contributed by atoms with Gasteiger partial charge in [0.05, 0.1) is 21.5 Å². The molecule has 4 rings (SSSR count). The van der Waals surface area contributed by atoms with E-state index in [-0.39, 0.29) is 23.6 Å². The number of piperidine rings is 1. The Balaban J connectivity index is 1.20. The predicted molar refractivity (Wildman–Crippen MR) is 179 cm³/mol. The van der Waals surface area contributed by atoms with Gasteiger partial charge >= 0.3 is 6.09 Å². The number of carbonyl (C=O) groups is 3. The van der Waals surface area contributed by atoms with Crippen molar-refractivity contribution in [3.05, 3.63) is 63.5 Å². The van der Waals surface area contributed by atoms with E-state index < -0.39 is 17.7 Å². The highest BCUT2D eigenvalue weighted by molar-refractivity contribution is 8.01. The maximum absolute atomic E-state index is 12.7. The second-order valence-corrected chi connectivity index (χ2v) is 14.5. The van der Waals surface area contributed by atoms with Crippen molar-refractivity contribution in [1.29, 1.82) is 0 Å². The minimum Gasteiger partial charge on any atom is -0.444 e. The van der Waals surface area contributed by atoms with E-state index in [0.717, 1.165) is 53.6 Å². The van der Waals surface area contributed by atoms with Crippen molar-refractivity contribution in [1.82, 2.24) is 20.5 Å². The molecule has 0 radical (unpaired) electrons. The molecule has 1 unspecified atom stereocenters. The lowest BCUT2D eigenvalue weighted by Crippen LogP contribution is -2.44. The van der Waals surface area contributed by atoms with Crippen molar-refractivity contribution < 1.29 is 19.1 Å². The van der Waals surface area contributed by atoms with Gasteiger partial charge in [-0.15, -0.1) is 11.3 Å². The number of thiazole rings is 1. The summed E-state index contributed by atoms with van der Waals surface area (Å²) < 4.78 is 6.00. The summed E-state index contributed by atoms with van der Waals surface area (Å²) in [6, 6.07) is 12.4. The van der Waals surface area contributed by atoms with Crippen molar-refractivity contribution in [3.63, 3.8) is 0 Å². The van der Waals surface area contributed by atoms with Crippen LogP contribution in [0.5, 0.6) is 0 Å². The van der Waals surface area contributed by atoms with Crippen LogP contribution in [0.1, 0.15) is 46.1 Å². The van der Waals surface area contributed by atoms with E-state index in [1.54, 1.807) is 33.8 Å². The highest BCUT2D eigenvalue weighted by Gasteiger charge is 2.23. The first-order chi connectivity index (χ1) is 20.8. The van der Waals surface area contributed by atoms with Crippen molar-refractivity contribution in [3.8, 4) is 11.3 Å². The molecular formula is C31H37Cl2N5O4S2. The molecule has 3 N–H and O–H groups in total. The highest BCUT2D eigenvalue weighted by Crippen LogP contribution is 2.30. The van der Waals surface area contributed by atoms with Crippen LogP contribution in [0.4, 0.5) is 10.5 Å². The quantitative estimate of drug-likeness (QED) is 0.201. The molecule has 0 saturated carbocycles. The molecule has 0 bridgehead atoms. The number of anilines is 1. The highest BCUT2D eigenvalue weighted by atomic mass is 35.5. The standard InChI is InChI=1S/C31H37Cl2N5O4S2/c1-19(34-29(41)42-31(2,3)4)28(40)36-23-7-5-6-21(15-23)26-17-43-30(37-26)44-18-27(39)35-22-10-12-38(13-11-22)16-20-8-9-24(32)25(33)14-20/h5-9,14-15,17,19,22H,10-13,16,18H2,1-4H3,(H,34,41)(H,35,39)(H,36,40). The monoisotopic (exact) mass is 677 g/mol. The van der Waals surface area contributed by atoms with Crippen molar-refractivity contribution >= 4 is 69.9 Å². The van der Waals surface area contributed by atoms with Gasteiger partial charge in [0.25, 0.3) is 0 Å². The van der Waals surface area contributed by atoms with Crippen LogP contribution in [0.2, 0.25) is 10.0 Å². The Morgan fingerprint density at radius 3 is 2.57 bits per heavy atom. The van der Waals surface area contributed by atoms with Gasteiger partial charge in [-0.3, -0.25) is 14.5 Å². The van der Waals surface area contributed by atoms with Gasteiger partial charge in [0.1, 0.15) is 11.6 Å². The van der Waals surface area contributed by atoms with Gasteiger partial charge in [-0.1, -0.05) is 53.2 Å². The number of benzene rings is 2. The summed E-state index contributed by atoms with van der Waals surface area (Å²) in [6.45, 7) is 9.46. The van der Waals surface area contributed by atoms with Crippen LogP contribution in [-0.4, -0.2) is 64.3 Å². The molecule has 1 aliphatic heterocycles. The fourth-order valence-corrected chi connectivity index (χ4v) is 6.51. The third kappa shape index (κ3) is 10.7. The number of carbonyl (C=O) groups excluding carboxylic acids is 3. The lowest BCUT2D eigenvalue weighted by atomic mass is 10.0. The fourth-order valence-electron chi connectivity index (χ4n) is 4.54. The maximum Gasteiger partial charge on any atom is 0.408 e.